The molecular weight excluding hydrogens is 380 g/mol. The Morgan fingerprint density at radius 3 is 2.57 bits per heavy atom. The lowest BCUT2D eigenvalue weighted by atomic mass is 10.1. The topological polar surface area (TPSA) is 59.8 Å². The molecule has 2 aliphatic rings. The van der Waals surface area contributed by atoms with Crippen LogP contribution in [0.1, 0.15) is 29.9 Å². The molecule has 1 atom stereocenters. The molecule has 1 aromatic heterocycles. The van der Waals surface area contributed by atoms with Crippen LogP contribution in [-0.2, 0) is 11.3 Å². The highest BCUT2D eigenvalue weighted by Gasteiger charge is 2.28. The monoisotopic (exact) mass is 404 g/mol. The summed E-state index contributed by atoms with van der Waals surface area (Å²) in [5, 5.41) is 5.06. The number of piperazine rings is 1. The first kappa shape index (κ1) is 19.1. The average molecular weight is 405 g/mol. The van der Waals surface area contributed by atoms with Crippen LogP contribution in [0.4, 0.5) is 0 Å². The van der Waals surface area contributed by atoms with Crippen molar-refractivity contribution in [3.05, 3.63) is 40.2 Å². The largest absolute Gasteiger partial charge is 0.454 e. The fourth-order valence-electron chi connectivity index (χ4n) is 3.81. The fourth-order valence-corrected chi connectivity index (χ4v) is 3.94. The molecule has 2 aliphatic heterocycles. The Kier molecular flexibility index (Phi) is 5.21. The SMILES string of the molecule is Cc1nn(C(C)C(=O)N2CCN(Cc3ccc4c(c3)OCO4)CC2)c(C)c1Cl. The molecule has 0 N–H and O–H groups in total. The highest BCUT2D eigenvalue weighted by Crippen LogP contribution is 2.33. The molecule has 150 valence electrons. The molecular formula is C20H25ClN4O3. The van der Waals surface area contributed by atoms with Crippen molar-refractivity contribution in [1.82, 2.24) is 19.6 Å². The number of ether oxygens (including phenoxy) is 2. The van der Waals surface area contributed by atoms with E-state index in [0.717, 1.165) is 42.5 Å². The average Bonchev–Trinajstić information content (AvgIpc) is 3.27. The second kappa shape index (κ2) is 7.64. The van der Waals surface area contributed by atoms with Gasteiger partial charge in [0.15, 0.2) is 11.5 Å². The molecule has 7 nitrogen and oxygen atoms in total. The molecule has 8 heteroatoms. The van der Waals surface area contributed by atoms with Gasteiger partial charge < -0.3 is 14.4 Å². The van der Waals surface area contributed by atoms with Crippen molar-refractivity contribution in [2.24, 2.45) is 0 Å². The quantitative estimate of drug-likeness (QED) is 0.784. The molecule has 0 aliphatic carbocycles. The normalized spacial score (nSPS) is 17.8. The number of amides is 1. The first-order chi connectivity index (χ1) is 13.4. The summed E-state index contributed by atoms with van der Waals surface area (Å²) in [7, 11) is 0. The lowest BCUT2D eigenvalue weighted by Crippen LogP contribution is -2.50. The Morgan fingerprint density at radius 2 is 1.89 bits per heavy atom. The lowest BCUT2D eigenvalue weighted by molar-refractivity contribution is -0.136. The number of halogens is 1. The summed E-state index contributed by atoms with van der Waals surface area (Å²) >= 11 is 6.23. The molecule has 1 fully saturated rings. The molecule has 0 saturated carbocycles. The van der Waals surface area contributed by atoms with E-state index in [2.05, 4.69) is 16.1 Å². The number of rotatable bonds is 4. The third kappa shape index (κ3) is 3.56. The van der Waals surface area contributed by atoms with Crippen molar-refractivity contribution in [2.75, 3.05) is 33.0 Å². The van der Waals surface area contributed by atoms with E-state index in [4.69, 9.17) is 21.1 Å². The van der Waals surface area contributed by atoms with Crippen molar-refractivity contribution >= 4 is 17.5 Å². The van der Waals surface area contributed by atoms with Crippen molar-refractivity contribution in [2.45, 2.75) is 33.4 Å². The van der Waals surface area contributed by atoms with E-state index in [0.29, 0.717) is 18.1 Å². The van der Waals surface area contributed by atoms with E-state index >= 15 is 0 Å². The van der Waals surface area contributed by atoms with Gasteiger partial charge in [-0.1, -0.05) is 17.7 Å². The molecule has 28 heavy (non-hydrogen) atoms. The second-order valence-corrected chi connectivity index (χ2v) is 7.77. The van der Waals surface area contributed by atoms with Crippen molar-refractivity contribution in [3.8, 4) is 11.5 Å². The maximum Gasteiger partial charge on any atom is 0.247 e. The minimum atomic E-state index is -0.355. The number of nitrogens with zero attached hydrogens (tertiary/aromatic N) is 4. The number of benzene rings is 1. The summed E-state index contributed by atoms with van der Waals surface area (Å²) in [6.07, 6.45) is 0. The van der Waals surface area contributed by atoms with Crippen LogP contribution in [0.15, 0.2) is 18.2 Å². The highest BCUT2D eigenvalue weighted by molar-refractivity contribution is 6.31. The predicted octanol–water partition coefficient (Wildman–Crippen LogP) is 2.79. The molecule has 2 aromatic rings. The summed E-state index contributed by atoms with van der Waals surface area (Å²) < 4.78 is 12.6. The number of aromatic nitrogens is 2. The molecule has 3 heterocycles. The van der Waals surface area contributed by atoms with Crippen LogP contribution < -0.4 is 9.47 Å². The summed E-state index contributed by atoms with van der Waals surface area (Å²) in [5.41, 5.74) is 2.78. The molecule has 0 radical (unpaired) electrons. The molecule has 1 aromatic carbocycles. The lowest BCUT2D eigenvalue weighted by Gasteiger charge is -2.36. The minimum absolute atomic E-state index is 0.0880. The van der Waals surface area contributed by atoms with Gasteiger partial charge in [-0.25, -0.2) is 0 Å². The van der Waals surface area contributed by atoms with Gasteiger partial charge in [0.25, 0.3) is 0 Å². The Balaban J connectivity index is 1.34. The standard InChI is InChI=1S/C20H25ClN4O3/c1-13-19(21)14(2)25(22-13)15(3)20(26)24-8-6-23(7-9-24)11-16-4-5-17-18(10-16)28-12-27-17/h4-5,10,15H,6-9,11-12H2,1-3H3. The molecule has 4 rings (SSSR count). The van der Waals surface area contributed by atoms with Crippen LogP contribution in [-0.4, -0.2) is 58.5 Å². The molecule has 1 unspecified atom stereocenters. The zero-order valence-corrected chi connectivity index (χ0v) is 17.2. The minimum Gasteiger partial charge on any atom is -0.454 e. The van der Waals surface area contributed by atoms with Gasteiger partial charge in [0.05, 0.1) is 16.4 Å². The Bertz CT molecular complexity index is 890. The van der Waals surface area contributed by atoms with Gasteiger partial charge in [-0.05, 0) is 38.5 Å². The molecule has 1 saturated heterocycles. The van der Waals surface area contributed by atoms with Gasteiger partial charge in [-0.2, -0.15) is 5.10 Å². The summed E-state index contributed by atoms with van der Waals surface area (Å²) in [4.78, 5) is 17.2. The van der Waals surface area contributed by atoms with Gasteiger partial charge in [0, 0.05) is 32.7 Å². The first-order valence-corrected chi connectivity index (χ1v) is 9.92. The van der Waals surface area contributed by atoms with Crippen molar-refractivity contribution < 1.29 is 14.3 Å². The van der Waals surface area contributed by atoms with Gasteiger partial charge in [0.1, 0.15) is 6.04 Å². The van der Waals surface area contributed by atoms with Crippen LogP contribution in [0, 0.1) is 13.8 Å². The number of carbonyl (C=O) groups is 1. The van der Waals surface area contributed by atoms with Gasteiger partial charge in [-0.15, -0.1) is 0 Å². The molecule has 1 amide bonds. The first-order valence-electron chi connectivity index (χ1n) is 9.55. The van der Waals surface area contributed by atoms with Gasteiger partial charge in [-0.3, -0.25) is 14.4 Å². The van der Waals surface area contributed by atoms with Crippen LogP contribution in [0.5, 0.6) is 11.5 Å². The summed E-state index contributed by atoms with van der Waals surface area (Å²) in [6.45, 7) is 9.86. The number of aryl methyl sites for hydroxylation is 1. The van der Waals surface area contributed by atoms with E-state index in [9.17, 15) is 4.79 Å². The van der Waals surface area contributed by atoms with E-state index in [-0.39, 0.29) is 18.7 Å². The van der Waals surface area contributed by atoms with E-state index in [1.165, 1.54) is 5.56 Å². The van der Waals surface area contributed by atoms with Crippen LogP contribution in [0.25, 0.3) is 0 Å². The smallest absolute Gasteiger partial charge is 0.247 e. The summed E-state index contributed by atoms with van der Waals surface area (Å²) in [6, 6.07) is 5.71. The third-order valence-electron chi connectivity index (χ3n) is 5.49. The van der Waals surface area contributed by atoms with Gasteiger partial charge in [0.2, 0.25) is 12.7 Å². The Morgan fingerprint density at radius 1 is 1.18 bits per heavy atom. The van der Waals surface area contributed by atoms with Crippen LogP contribution >= 0.6 is 11.6 Å². The number of hydrogen-bond acceptors (Lipinski definition) is 5. The third-order valence-corrected chi connectivity index (χ3v) is 6.04. The van der Waals surface area contributed by atoms with E-state index in [1.54, 1.807) is 4.68 Å². The maximum absolute atomic E-state index is 12.9. The van der Waals surface area contributed by atoms with Gasteiger partial charge >= 0.3 is 0 Å². The molecule has 0 spiro atoms. The zero-order chi connectivity index (χ0) is 19.8. The second-order valence-electron chi connectivity index (χ2n) is 7.39. The summed E-state index contributed by atoms with van der Waals surface area (Å²) in [5.74, 6) is 1.70. The Hall–Kier alpha value is -2.25. The number of carbonyl (C=O) groups excluding carboxylic acids is 1. The Labute approximate surface area is 169 Å². The van der Waals surface area contributed by atoms with Crippen molar-refractivity contribution in [1.29, 1.82) is 0 Å². The highest BCUT2D eigenvalue weighted by atomic mass is 35.5. The zero-order valence-electron chi connectivity index (χ0n) is 16.4. The maximum atomic E-state index is 12.9. The van der Waals surface area contributed by atoms with Crippen LogP contribution in [0.2, 0.25) is 5.02 Å². The van der Waals surface area contributed by atoms with E-state index in [1.807, 2.05) is 37.8 Å². The number of fused-ring (bicyclic) bond motifs is 1. The van der Waals surface area contributed by atoms with E-state index < -0.39 is 0 Å². The van der Waals surface area contributed by atoms with Crippen LogP contribution in [0.3, 0.4) is 0 Å². The predicted molar refractivity (Wildman–Crippen MR) is 106 cm³/mol. The van der Waals surface area contributed by atoms with Crippen molar-refractivity contribution in [3.63, 3.8) is 0 Å². The molecule has 0 bridgehead atoms. The fraction of sp³-hybridized carbons (Fsp3) is 0.500. The number of hydrogen-bond donors (Lipinski definition) is 0.